The topological polar surface area (TPSA) is 45.2 Å². The van der Waals surface area contributed by atoms with Gasteiger partial charge in [-0.3, -0.25) is 4.98 Å². The van der Waals surface area contributed by atoms with Crippen molar-refractivity contribution in [1.82, 2.24) is 10.3 Å². The summed E-state index contributed by atoms with van der Waals surface area (Å²) in [6.45, 7) is 3.89. The Hall–Kier alpha value is -0.930. The minimum atomic E-state index is -0.160. The molecule has 1 saturated heterocycles. The Kier molecular flexibility index (Phi) is 3.34. The zero-order valence-corrected chi connectivity index (χ0v) is 9.11. The van der Waals surface area contributed by atoms with E-state index in [-0.39, 0.29) is 6.10 Å². The number of aryl methyl sites for hydroxylation is 1. The van der Waals surface area contributed by atoms with Crippen molar-refractivity contribution in [2.75, 3.05) is 13.1 Å². The molecule has 0 saturated carbocycles. The molecule has 1 aromatic rings. The fourth-order valence-corrected chi connectivity index (χ4v) is 2.15. The number of nitrogens with zero attached hydrogens (tertiary/aromatic N) is 1. The normalized spacial score (nSPS) is 26.5. The van der Waals surface area contributed by atoms with E-state index in [1.54, 1.807) is 0 Å². The first-order valence-electron chi connectivity index (χ1n) is 5.55. The van der Waals surface area contributed by atoms with Crippen LogP contribution in [0.4, 0.5) is 0 Å². The summed E-state index contributed by atoms with van der Waals surface area (Å²) >= 11 is 0. The van der Waals surface area contributed by atoms with Gasteiger partial charge in [-0.1, -0.05) is 6.07 Å². The molecule has 2 heterocycles. The second-order valence-corrected chi connectivity index (χ2v) is 4.39. The minimum Gasteiger partial charge on any atom is -0.393 e. The van der Waals surface area contributed by atoms with Crippen LogP contribution in [-0.2, 0) is 6.42 Å². The van der Waals surface area contributed by atoms with Gasteiger partial charge in [0.05, 0.1) is 6.10 Å². The standard InChI is InChI=1S/C12H18N2O/c1-9-4-10(7-14-6-9)5-11-8-13-3-2-12(11)15/h4,6-7,11-13,15H,2-3,5,8H2,1H3. The third-order valence-corrected chi connectivity index (χ3v) is 3.00. The molecule has 15 heavy (non-hydrogen) atoms. The highest BCUT2D eigenvalue weighted by Crippen LogP contribution is 2.17. The molecule has 3 heteroatoms. The van der Waals surface area contributed by atoms with Crippen LogP contribution in [0.25, 0.3) is 0 Å². The van der Waals surface area contributed by atoms with Gasteiger partial charge in [0, 0.05) is 24.9 Å². The van der Waals surface area contributed by atoms with E-state index in [0.29, 0.717) is 5.92 Å². The lowest BCUT2D eigenvalue weighted by Crippen LogP contribution is -2.40. The maximum absolute atomic E-state index is 9.84. The van der Waals surface area contributed by atoms with Crippen molar-refractivity contribution in [1.29, 1.82) is 0 Å². The summed E-state index contributed by atoms with van der Waals surface area (Å²) in [5.41, 5.74) is 2.41. The molecule has 0 spiro atoms. The van der Waals surface area contributed by atoms with Crippen LogP contribution in [0, 0.1) is 12.8 Å². The zero-order valence-electron chi connectivity index (χ0n) is 9.11. The van der Waals surface area contributed by atoms with Gasteiger partial charge in [-0.2, -0.15) is 0 Å². The number of aromatic nitrogens is 1. The number of piperidine rings is 1. The van der Waals surface area contributed by atoms with Crippen molar-refractivity contribution >= 4 is 0 Å². The molecule has 1 aromatic heterocycles. The van der Waals surface area contributed by atoms with Crippen LogP contribution in [0.5, 0.6) is 0 Å². The van der Waals surface area contributed by atoms with Crippen LogP contribution in [0.2, 0.25) is 0 Å². The smallest absolute Gasteiger partial charge is 0.0595 e. The molecule has 0 radical (unpaired) electrons. The Morgan fingerprint density at radius 2 is 2.40 bits per heavy atom. The van der Waals surface area contributed by atoms with Gasteiger partial charge < -0.3 is 10.4 Å². The third kappa shape index (κ3) is 2.76. The molecule has 2 rings (SSSR count). The predicted molar refractivity (Wildman–Crippen MR) is 59.7 cm³/mol. The van der Waals surface area contributed by atoms with Crippen LogP contribution in [0.15, 0.2) is 18.5 Å². The summed E-state index contributed by atoms with van der Waals surface area (Å²) in [5, 5.41) is 13.2. The Morgan fingerprint density at radius 1 is 1.53 bits per heavy atom. The Bertz CT molecular complexity index is 327. The molecule has 2 unspecified atom stereocenters. The molecule has 0 aromatic carbocycles. The van der Waals surface area contributed by atoms with Crippen LogP contribution < -0.4 is 5.32 Å². The first-order valence-corrected chi connectivity index (χ1v) is 5.55. The predicted octanol–water partition coefficient (Wildman–Crippen LogP) is 0.903. The second kappa shape index (κ2) is 4.73. The minimum absolute atomic E-state index is 0.160. The molecule has 0 bridgehead atoms. The molecule has 1 fully saturated rings. The summed E-state index contributed by atoms with van der Waals surface area (Å²) in [6.07, 6.45) is 5.38. The average molecular weight is 206 g/mol. The highest BCUT2D eigenvalue weighted by molar-refractivity contribution is 5.17. The van der Waals surface area contributed by atoms with Gasteiger partial charge in [-0.05, 0) is 37.4 Å². The van der Waals surface area contributed by atoms with Gasteiger partial charge in [-0.25, -0.2) is 0 Å². The number of aliphatic hydroxyl groups is 1. The number of nitrogens with one attached hydrogen (secondary N) is 1. The van der Waals surface area contributed by atoms with Gasteiger partial charge in [-0.15, -0.1) is 0 Å². The van der Waals surface area contributed by atoms with Gasteiger partial charge in [0.25, 0.3) is 0 Å². The zero-order chi connectivity index (χ0) is 10.7. The van der Waals surface area contributed by atoms with E-state index < -0.39 is 0 Å². The average Bonchev–Trinajstić information content (AvgIpc) is 2.22. The van der Waals surface area contributed by atoms with Gasteiger partial charge in [0.1, 0.15) is 0 Å². The molecule has 1 aliphatic rings. The van der Waals surface area contributed by atoms with E-state index in [0.717, 1.165) is 25.9 Å². The molecular formula is C12H18N2O. The largest absolute Gasteiger partial charge is 0.393 e. The molecule has 2 N–H and O–H groups in total. The van der Waals surface area contributed by atoms with Crippen LogP contribution in [-0.4, -0.2) is 29.3 Å². The summed E-state index contributed by atoms with van der Waals surface area (Å²) in [4.78, 5) is 4.17. The fourth-order valence-electron chi connectivity index (χ4n) is 2.15. The van der Waals surface area contributed by atoms with Gasteiger partial charge in [0.2, 0.25) is 0 Å². The monoisotopic (exact) mass is 206 g/mol. The molecule has 1 aliphatic heterocycles. The number of rotatable bonds is 2. The van der Waals surface area contributed by atoms with E-state index in [2.05, 4.69) is 16.4 Å². The summed E-state index contributed by atoms with van der Waals surface area (Å²) in [5.74, 6) is 0.336. The fraction of sp³-hybridized carbons (Fsp3) is 0.583. The Morgan fingerprint density at radius 3 is 3.13 bits per heavy atom. The second-order valence-electron chi connectivity index (χ2n) is 4.39. The first kappa shape index (κ1) is 10.6. The highest BCUT2D eigenvalue weighted by atomic mass is 16.3. The highest BCUT2D eigenvalue weighted by Gasteiger charge is 2.22. The lowest BCUT2D eigenvalue weighted by Gasteiger charge is -2.28. The Labute approximate surface area is 90.5 Å². The SMILES string of the molecule is Cc1cncc(CC2CNCCC2O)c1. The van der Waals surface area contributed by atoms with Gasteiger partial charge in [0.15, 0.2) is 0 Å². The molecule has 3 nitrogen and oxygen atoms in total. The van der Waals surface area contributed by atoms with Crippen molar-refractivity contribution < 1.29 is 5.11 Å². The van der Waals surface area contributed by atoms with E-state index in [4.69, 9.17) is 0 Å². The van der Waals surface area contributed by atoms with Crippen molar-refractivity contribution in [3.05, 3.63) is 29.6 Å². The van der Waals surface area contributed by atoms with Gasteiger partial charge >= 0.3 is 0 Å². The van der Waals surface area contributed by atoms with Crippen molar-refractivity contribution in [3.8, 4) is 0 Å². The molecule has 82 valence electrons. The Balaban J connectivity index is 2.01. The van der Waals surface area contributed by atoms with Crippen molar-refractivity contribution in [2.24, 2.45) is 5.92 Å². The maximum atomic E-state index is 9.84. The van der Waals surface area contributed by atoms with Crippen LogP contribution >= 0.6 is 0 Å². The van der Waals surface area contributed by atoms with E-state index >= 15 is 0 Å². The molecule has 0 aliphatic carbocycles. The molecular weight excluding hydrogens is 188 g/mol. The quantitative estimate of drug-likeness (QED) is 0.756. The maximum Gasteiger partial charge on any atom is 0.0595 e. The summed E-state index contributed by atoms with van der Waals surface area (Å²) in [7, 11) is 0. The number of pyridine rings is 1. The molecule has 2 atom stereocenters. The van der Waals surface area contributed by atoms with E-state index in [1.807, 2.05) is 19.3 Å². The third-order valence-electron chi connectivity index (χ3n) is 3.00. The summed E-state index contributed by atoms with van der Waals surface area (Å²) < 4.78 is 0. The number of hydrogen-bond donors (Lipinski definition) is 2. The lowest BCUT2D eigenvalue weighted by molar-refractivity contribution is 0.0791. The first-order chi connectivity index (χ1) is 7.25. The molecule has 0 amide bonds. The summed E-state index contributed by atoms with van der Waals surface area (Å²) in [6, 6.07) is 2.15. The van der Waals surface area contributed by atoms with Crippen LogP contribution in [0.1, 0.15) is 17.5 Å². The lowest BCUT2D eigenvalue weighted by atomic mass is 9.90. The van der Waals surface area contributed by atoms with E-state index in [9.17, 15) is 5.11 Å². The van der Waals surface area contributed by atoms with Crippen molar-refractivity contribution in [2.45, 2.75) is 25.9 Å². The number of hydrogen-bond acceptors (Lipinski definition) is 3. The number of aliphatic hydroxyl groups excluding tert-OH is 1. The van der Waals surface area contributed by atoms with Crippen molar-refractivity contribution in [3.63, 3.8) is 0 Å². The van der Waals surface area contributed by atoms with E-state index in [1.165, 1.54) is 11.1 Å². The van der Waals surface area contributed by atoms with Crippen LogP contribution in [0.3, 0.4) is 0 Å².